The van der Waals surface area contributed by atoms with Crippen molar-refractivity contribution >= 4 is 17.5 Å². The van der Waals surface area contributed by atoms with Gasteiger partial charge < -0.3 is 19.7 Å². The number of rotatable bonds is 7. The maximum absolute atomic E-state index is 12.3. The summed E-state index contributed by atoms with van der Waals surface area (Å²) in [6, 6.07) is 3.19. The lowest BCUT2D eigenvalue weighted by molar-refractivity contribution is -0.116. The van der Waals surface area contributed by atoms with Crippen molar-refractivity contribution in [2.24, 2.45) is 0 Å². The Morgan fingerprint density at radius 3 is 2.23 bits per heavy atom. The second-order valence-electron chi connectivity index (χ2n) is 5.10. The van der Waals surface area contributed by atoms with E-state index in [1.54, 1.807) is 26.2 Å². The van der Waals surface area contributed by atoms with Gasteiger partial charge in [0.05, 0.1) is 25.5 Å². The van der Waals surface area contributed by atoms with E-state index < -0.39 is 0 Å². The minimum atomic E-state index is -0.216. The van der Waals surface area contributed by atoms with E-state index in [0.717, 1.165) is 12.8 Å². The highest BCUT2D eigenvalue weighted by Gasteiger charge is 2.19. The second kappa shape index (κ2) is 8.26. The number of carbonyl (C=O) groups excluding carboxylic acids is 2. The summed E-state index contributed by atoms with van der Waals surface area (Å²) in [4.78, 5) is 25.7. The van der Waals surface area contributed by atoms with E-state index >= 15 is 0 Å². The summed E-state index contributed by atoms with van der Waals surface area (Å²) in [7, 11) is 6.32. The number of carbonyl (C=O) groups is 2. The van der Waals surface area contributed by atoms with Gasteiger partial charge in [-0.2, -0.15) is 0 Å². The van der Waals surface area contributed by atoms with Crippen molar-refractivity contribution in [1.82, 2.24) is 4.90 Å². The molecule has 1 rings (SSSR count). The largest absolute Gasteiger partial charge is 0.493 e. The Morgan fingerprint density at radius 1 is 1.14 bits per heavy atom. The highest BCUT2D eigenvalue weighted by Crippen LogP contribution is 2.34. The molecule has 0 bridgehead atoms. The summed E-state index contributed by atoms with van der Waals surface area (Å²) >= 11 is 0. The lowest BCUT2D eigenvalue weighted by atomic mass is 10.1. The summed E-state index contributed by atoms with van der Waals surface area (Å²) in [5.41, 5.74) is 0.796. The standard InChI is InChI=1S/C16H24N2O4/c1-6-7-8-15(19)17-12-10-14(22-5)13(21-4)9-11(12)16(20)18(2)3/h9-10H,6-8H2,1-5H3,(H,17,19). The van der Waals surface area contributed by atoms with Crippen LogP contribution in [0.1, 0.15) is 36.5 Å². The predicted octanol–water partition coefficient (Wildman–Crippen LogP) is 2.53. The van der Waals surface area contributed by atoms with Crippen LogP contribution in [0.3, 0.4) is 0 Å². The molecule has 0 saturated carbocycles. The van der Waals surface area contributed by atoms with Gasteiger partial charge in [0, 0.05) is 26.6 Å². The SMILES string of the molecule is CCCCC(=O)Nc1cc(OC)c(OC)cc1C(=O)N(C)C. The molecule has 1 N–H and O–H groups in total. The summed E-state index contributed by atoms with van der Waals surface area (Å²) in [5, 5.41) is 2.79. The van der Waals surface area contributed by atoms with Crippen LogP contribution in [0.4, 0.5) is 5.69 Å². The maximum Gasteiger partial charge on any atom is 0.255 e. The van der Waals surface area contributed by atoms with Gasteiger partial charge in [0.15, 0.2) is 11.5 Å². The first-order valence-electron chi connectivity index (χ1n) is 7.22. The number of unbranched alkanes of at least 4 members (excludes halogenated alkanes) is 1. The Morgan fingerprint density at radius 2 is 1.73 bits per heavy atom. The average molecular weight is 308 g/mol. The molecule has 0 aliphatic rings. The van der Waals surface area contributed by atoms with Crippen molar-refractivity contribution in [2.45, 2.75) is 26.2 Å². The van der Waals surface area contributed by atoms with Crippen LogP contribution < -0.4 is 14.8 Å². The minimum absolute atomic E-state index is 0.123. The van der Waals surface area contributed by atoms with Crippen molar-refractivity contribution in [2.75, 3.05) is 33.6 Å². The molecule has 0 fully saturated rings. The van der Waals surface area contributed by atoms with Crippen LogP contribution in [0.5, 0.6) is 11.5 Å². The van der Waals surface area contributed by atoms with Gasteiger partial charge in [0.25, 0.3) is 5.91 Å². The number of nitrogens with one attached hydrogen (secondary N) is 1. The third-order valence-electron chi connectivity index (χ3n) is 3.19. The quantitative estimate of drug-likeness (QED) is 0.840. The van der Waals surface area contributed by atoms with Crippen LogP contribution in [-0.2, 0) is 4.79 Å². The number of ether oxygens (including phenoxy) is 2. The molecule has 0 heterocycles. The molecule has 122 valence electrons. The molecule has 2 amide bonds. The summed E-state index contributed by atoms with van der Waals surface area (Å²) in [6.45, 7) is 2.02. The summed E-state index contributed by atoms with van der Waals surface area (Å²) in [5.74, 6) is 0.566. The van der Waals surface area contributed by atoms with Crippen molar-refractivity contribution in [3.8, 4) is 11.5 Å². The lowest BCUT2D eigenvalue weighted by Gasteiger charge is -2.18. The van der Waals surface area contributed by atoms with Gasteiger partial charge in [0.1, 0.15) is 0 Å². The van der Waals surface area contributed by atoms with Gasteiger partial charge in [-0.3, -0.25) is 9.59 Å². The van der Waals surface area contributed by atoms with Crippen molar-refractivity contribution in [3.05, 3.63) is 17.7 Å². The van der Waals surface area contributed by atoms with E-state index in [2.05, 4.69) is 5.32 Å². The maximum atomic E-state index is 12.3. The number of hydrogen-bond donors (Lipinski definition) is 1. The van der Waals surface area contributed by atoms with Crippen molar-refractivity contribution < 1.29 is 19.1 Å². The zero-order valence-electron chi connectivity index (χ0n) is 13.9. The second-order valence-corrected chi connectivity index (χ2v) is 5.10. The van der Waals surface area contributed by atoms with Crippen LogP contribution in [0.25, 0.3) is 0 Å². The van der Waals surface area contributed by atoms with Crippen LogP contribution in [0.2, 0.25) is 0 Å². The predicted molar refractivity (Wildman–Crippen MR) is 85.7 cm³/mol. The fourth-order valence-corrected chi connectivity index (χ4v) is 1.95. The topological polar surface area (TPSA) is 67.9 Å². The molecule has 0 aromatic heterocycles. The molecule has 0 unspecified atom stereocenters. The zero-order chi connectivity index (χ0) is 16.7. The molecule has 22 heavy (non-hydrogen) atoms. The zero-order valence-corrected chi connectivity index (χ0v) is 13.9. The highest BCUT2D eigenvalue weighted by atomic mass is 16.5. The third-order valence-corrected chi connectivity index (χ3v) is 3.19. The Bertz CT molecular complexity index is 541. The summed E-state index contributed by atoms with van der Waals surface area (Å²) < 4.78 is 10.5. The van der Waals surface area contributed by atoms with Gasteiger partial charge >= 0.3 is 0 Å². The van der Waals surface area contributed by atoms with Gasteiger partial charge in [0.2, 0.25) is 5.91 Å². The van der Waals surface area contributed by atoms with E-state index in [9.17, 15) is 9.59 Å². The van der Waals surface area contributed by atoms with Crippen molar-refractivity contribution in [1.29, 1.82) is 0 Å². The fraction of sp³-hybridized carbons (Fsp3) is 0.500. The molecule has 6 heteroatoms. The first-order chi connectivity index (χ1) is 10.4. The first kappa shape index (κ1) is 17.8. The number of anilines is 1. The number of hydrogen-bond acceptors (Lipinski definition) is 4. The number of nitrogens with zero attached hydrogens (tertiary/aromatic N) is 1. The molecule has 1 aromatic rings. The van der Waals surface area contributed by atoms with E-state index in [1.165, 1.54) is 19.1 Å². The van der Waals surface area contributed by atoms with Gasteiger partial charge in [-0.25, -0.2) is 0 Å². The molecule has 0 radical (unpaired) electrons. The monoisotopic (exact) mass is 308 g/mol. The number of amides is 2. The molecule has 0 saturated heterocycles. The highest BCUT2D eigenvalue weighted by molar-refractivity contribution is 6.04. The third kappa shape index (κ3) is 4.38. The molecular formula is C16H24N2O4. The molecule has 0 atom stereocenters. The Labute approximate surface area is 131 Å². The fourth-order valence-electron chi connectivity index (χ4n) is 1.95. The molecule has 1 aromatic carbocycles. The number of benzene rings is 1. The molecule has 0 aliphatic carbocycles. The molecule has 6 nitrogen and oxygen atoms in total. The molecule has 0 spiro atoms. The normalized spacial score (nSPS) is 10.0. The smallest absolute Gasteiger partial charge is 0.255 e. The first-order valence-corrected chi connectivity index (χ1v) is 7.22. The van der Waals surface area contributed by atoms with Crippen LogP contribution in [0.15, 0.2) is 12.1 Å². The average Bonchev–Trinajstić information content (AvgIpc) is 2.51. The van der Waals surface area contributed by atoms with Crippen LogP contribution in [-0.4, -0.2) is 45.0 Å². The van der Waals surface area contributed by atoms with E-state index in [1.807, 2.05) is 6.92 Å². The van der Waals surface area contributed by atoms with Gasteiger partial charge in [-0.1, -0.05) is 13.3 Å². The lowest BCUT2D eigenvalue weighted by Crippen LogP contribution is -2.24. The van der Waals surface area contributed by atoms with Gasteiger partial charge in [-0.05, 0) is 12.5 Å². The van der Waals surface area contributed by atoms with Gasteiger partial charge in [-0.15, -0.1) is 0 Å². The Hall–Kier alpha value is -2.24. The van der Waals surface area contributed by atoms with E-state index in [-0.39, 0.29) is 11.8 Å². The van der Waals surface area contributed by atoms with Crippen molar-refractivity contribution in [3.63, 3.8) is 0 Å². The molecule has 0 aliphatic heterocycles. The summed E-state index contributed by atoms with van der Waals surface area (Å²) in [6.07, 6.45) is 2.15. The molecular weight excluding hydrogens is 284 g/mol. The van der Waals surface area contributed by atoms with Crippen LogP contribution >= 0.6 is 0 Å². The Balaban J connectivity index is 3.21. The van der Waals surface area contributed by atoms with E-state index in [0.29, 0.717) is 29.2 Å². The van der Waals surface area contributed by atoms with E-state index in [4.69, 9.17) is 9.47 Å². The number of methoxy groups -OCH3 is 2. The minimum Gasteiger partial charge on any atom is -0.493 e. The van der Waals surface area contributed by atoms with Crippen LogP contribution in [0, 0.1) is 0 Å². The Kier molecular flexibility index (Phi) is 6.69.